The summed E-state index contributed by atoms with van der Waals surface area (Å²) in [5.74, 6) is 0. The van der Waals surface area contributed by atoms with Crippen molar-refractivity contribution >= 4 is 11.3 Å². The van der Waals surface area contributed by atoms with Gasteiger partial charge >= 0.3 is 0 Å². The van der Waals surface area contributed by atoms with E-state index in [9.17, 15) is 5.11 Å². The van der Waals surface area contributed by atoms with Crippen molar-refractivity contribution in [1.29, 1.82) is 0 Å². The van der Waals surface area contributed by atoms with Crippen LogP contribution >= 0.6 is 11.3 Å². The standard InChI is InChI=1S/C15H21N3OS/c1-11-3-5-12(6-4-11)14(18(2)7-8-19)15-17-13(9-16)10-20-15/h3-6,10,14,19H,7-9,16H2,1-2H3. The minimum Gasteiger partial charge on any atom is -0.395 e. The van der Waals surface area contributed by atoms with E-state index in [1.54, 1.807) is 11.3 Å². The minimum absolute atomic E-state index is 0.0630. The Labute approximate surface area is 123 Å². The number of hydrogen-bond acceptors (Lipinski definition) is 5. The summed E-state index contributed by atoms with van der Waals surface area (Å²) in [6, 6.07) is 8.52. The Morgan fingerprint density at radius 1 is 1.35 bits per heavy atom. The predicted octanol–water partition coefficient (Wildman–Crippen LogP) is 1.92. The molecular weight excluding hydrogens is 270 g/mol. The lowest BCUT2D eigenvalue weighted by atomic mass is 10.0. The number of aliphatic hydroxyl groups excluding tert-OH is 1. The molecule has 108 valence electrons. The quantitative estimate of drug-likeness (QED) is 0.853. The molecule has 0 spiro atoms. The molecule has 3 N–H and O–H groups in total. The van der Waals surface area contributed by atoms with Crippen LogP contribution in [0.4, 0.5) is 0 Å². The molecule has 0 aliphatic heterocycles. The molecule has 1 aromatic heterocycles. The summed E-state index contributed by atoms with van der Waals surface area (Å²) in [4.78, 5) is 6.72. The molecular formula is C15H21N3OS. The molecule has 4 nitrogen and oxygen atoms in total. The van der Waals surface area contributed by atoms with Gasteiger partial charge < -0.3 is 10.8 Å². The molecule has 1 heterocycles. The summed E-state index contributed by atoms with van der Waals surface area (Å²) < 4.78 is 0. The van der Waals surface area contributed by atoms with E-state index in [-0.39, 0.29) is 12.6 Å². The molecule has 0 saturated heterocycles. The van der Waals surface area contributed by atoms with Gasteiger partial charge in [0.15, 0.2) is 0 Å². The second-order valence-corrected chi connectivity index (χ2v) is 5.79. The molecule has 0 saturated carbocycles. The van der Waals surface area contributed by atoms with Crippen LogP contribution in [0.25, 0.3) is 0 Å². The number of nitrogens with zero attached hydrogens (tertiary/aromatic N) is 2. The highest BCUT2D eigenvalue weighted by molar-refractivity contribution is 7.09. The fourth-order valence-corrected chi connectivity index (χ4v) is 3.18. The summed E-state index contributed by atoms with van der Waals surface area (Å²) in [5, 5.41) is 12.2. The Balaban J connectivity index is 2.35. The Morgan fingerprint density at radius 2 is 2.05 bits per heavy atom. The summed E-state index contributed by atoms with van der Waals surface area (Å²) in [6.45, 7) is 3.27. The fraction of sp³-hybridized carbons (Fsp3) is 0.400. The number of likely N-dealkylation sites (N-methyl/N-ethyl adjacent to an activating group) is 1. The summed E-state index contributed by atoms with van der Waals surface area (Å²) >= 11 is 1.62. The van der Waals surface area contributed by atoms with Crippen molar-refractivity contribution in [3.8, 4) is 0 Å². The van der Waals surface area contributed by atoms with Gasteiger partial charge in [0.1, 0.15) is 5.01 Å². The molecule has 0 amide bonds. The molecule has 2 aromatic rings. The van der Waals surface area contributed by atoms with Crippen molar-refractivity contribution in [1.82, 2.24) is 9.88 Å². The number of aliphatic hydroxyl groups is 1. The third-order valence-corrected chi connectivity index (χ3v) is 4.25. The topological polar surface area (TPSA) is 62.4 Å². The van der Waals surface area contributed by atoms with Crippen molar-refractivity contribution in [2.24, 2.45) is 5.73 Å². The van der Waals surface area contributed by atoms with Crippen LogP contribution in [0.1, 0.15) is 27.9 Å². The van der Waals surface area contributed by atoms with Crippen LogP contribution in [0, 0.1) is 6.92 Å². The highest BCUT2D eigenvalue weighted by atomic mass is 32.1. The number of aromatic nitrogens is 1. The number of rotatable bonds is 6. The van der Waals surface area contributed by atoms with Gasteiger partial charge in [-0.25, -0.2) is 4.98 Å². The van der Waals surface area contributed by atoms with Gasteiger partial charge in [-0.3, -0.25) is 4.90 Å². The lowest BCUT2D eigenvalue weighted by Crippen LogP contribution is -2.28. The van der Waals surface area contributed by atoms with Gasteiger partial charge in [0.05, 0.1) is 18.3 Å². The van der Waals surface area contributed by atoms with Gasteiger partial charge in [0.25, 0.3) is 0 Å². The highest BCUT2D eigenvalue weighted by Crippen LogP contribution is 2.30. The van der Waals surface area contributed by atoms with Crippen LogP contribution in [0.2, 0.25) is 0 Å². The van der Waals surface area contributed by atoms with Gasteiger partial charge in [0, 0.05) is 18.5 Å². The minimum atomic E-state index is 0.0630. The number of nitrogens with two attached hydrogens (primary N) is 1. The van der Waals surface area contributed by atoms with Crippen LogP contribution in [-0.4, -0.2) is 35.2 Å². The first-order valence-corrected chi connectivity index (χ1v) is 7.55. The van der Waals surface area contributed by atoms with E-state index >= 15 is 0 Å². The molecule has 0 radical (unpaired) electrons. The maximum atomic E-state index is 9.20. The van der Waals surface area contributed by atoms with Gasteiger partial charge in [-0.2, -0.15) is 0 Å². The molecule has 1 aromatic carbocycles. The van der Waals surface area contributed by atoms with Crippen LogP contribution in [0.3, 0.4) is 0 Å². The highest BCUT2D eigenvalue weighted by Gasteiger charge is 2.22. The first-order chi connectivity index (χ1) is 9.65. The first-order valence-electron chi connectivity index (χ1n) is 6.67. The second-order valence-electron chi connectivity index (χ2n) is 4.90. The normalized spacial score (nSPS) is 12.8. The first kappa shape index (κ1) is 15.1. The molecule has 20 heavy (non-hydrogen) atoms. The van der Waals surface area contributed by atoms with Crippen molar-refractivity contribution in [2.75, 3.05) is 20.2 Å². The van der Waals surface area contributed by atoms with E-state index in [0.717, 1.165) is 10.7 Å². The zero-order valence-corrected chi connectivity index (χ0v) is 12.7. The Bertz CT molecular complexity index is 538. The Morgan fingerprint density at radius 3 is 2.60 bits per heavy atom. The predicted molar refractivity (Wildman–Crippen MR) is 82.7 cm³/mol. The molecule has 0 aliphatic carbocycles. The summed E-state index contributed by atoms with van der Waals surface area (Å²) in [6.07, 6.45) is 0. The van der Waals surface area contributed by atoms with E-state index in [0.29, 0.717) is 13.1 Å². The van der Waals surface area contributed by atoms with Gasteiger partial charge in [-0.05, 0) is 19.5 Å². The number of benzene rings is 1. The van der Waals surface area contributed by atoms with E-state index in [1.165, 1.54) is 11.1 Å². The lowest BCUT2D eigenvalue weighted by Gasteiger charge is -2.26. The van der Waals surface area contributed by atoms with Gasteiger partial charge in [0.2, 0.25) is 0 Å². The van der Waals surface area contributed by atoms with E-state index in [2.05, 4.69) is 41.1 Å². The molecule has 2 rings (SSSR count). The average Bonchev–Trinajstić information content (AvgIpc) is 2.90. The molecule has 0 bridgehead atoms. The maximum Gasteiger partial charge on any atom is 0.115 e. The van der Waals surface area contributed by atoms with Crippen molar-refractivity contribution in [3.05, 3.63) is 51.5 Å². The van der Waals surface area contributed by atoms with Crippen LogP contribution < -0.4 is 5.73 Å². The molecule has 1 atom stereocenters. The fourth-order valence-electron chi connectivity index (χ4n) is 2.16. The molecule has 5 heteroatoms. The van der Waals surface area contributed by atoms with E-state index in [1.807, 2.05) is 12.4 Å². The average molecular weight is 291 g/mol. The second kappa shape index (κ2) is 6.95. The van der Waals surface area contributed by atoms with Gasteiger partial charge in [-0.15, -0.1) is 11.3 Å². The summed E-state index contributed by atoms with van der Waals surface area (Å²) in [7, 11) is 2.00. The number of thiazole rings is 1. The summed E-state index contributed by atoms with van der Waals surface area (Å²) in [5.41, 5.74) is 8.98. The Hall–Kier alpha value is -1.27. The van der Waals surface area contributed by atoms with Crippen molar-refractivity contribution in [3.63, 3.8) is 0 Å². The van der Waals surface area contributed by atoms with E-state index < -0.39 is 0 Å². The van der Waals surface area contributed by atoms with Crippen LogP contribution in [0.15, 0.2) is 29.6 Å². The third kappa shape index (κ3) is 3.43. The molecule has 1 unspecified atom stereocenters. The monoisotopic (exact) mass is 291 g/mol. The van der Waals surface area contributed by atoms with Gasteiger partial charge in [-0.1, -0.05) is 29.8 Å². The zero-order chi connectivity index (χ0) is 14.5. The van der Waals surface area contributed by atoms with E-state index in [4.69, 9.17) is 5.73 Å². The lowest BCUT2D eigenvalue weighted by molar-refractivity contribution is 0.197. The largest absolute Gasteiger partial charge is 0.395 e. The number of aryl methyl sites for hydroxylation is 1. The van der Waals surface area contributed by atoms with Crippen molar-refractivity contribution < 1.29 is 5.11 Å². The van der Waals surface area contributed by atoms with Crippen LogP contribution in [-0.2, 0) is 6.54 Å². The maximum absolute atomic E-state index is 9.20. The SMILES string of the molecule is Cc1ccc(C(c2nc(CN)cs2)N(C)CCO)cc1. The third-order valence-electron chi connectivity index (χ3n) is 3.30. The molecule has 0 fully saturated rings. The zero-order valence-electron chi connectivity index (χ0n) is 11.9. The van der Waals surface area contributed by atoms with Crippen LogP contribution in [0.5, 0.6) is 0 Å². The Kier molecular flexibility index (Phi) is 5.25. The smallest absolute Gasteiger partial charge is 0.115 e. The van der Waals surface area contributed by atoms with Crippen molar-refractivity contribution in [2.45, 2.75) is 19.5 Å². The molecule has 0 aliphatic rings. The number of hydrogen-bond donors (Lipinski definition) is 2.